The monoisotopic (exact) mass is 346 g/mol. The molecule has 0 saturated carbocycles. The Labute approximate surface area is 155 Å². The molecular weight excluding hydrogens is 320 g/mol. The van der Waals surface area contributed by atoms with Crippen molar-refractivity contribution in [1.29, 1.82) is 5.26 Å². The Balaban J connectivity index is 1.85. The van der Waals surface area contributed by atoms with E-state index in [1.807, 2.05) is 25.2 Å². The summed E-state index contributed by atoms with van der Waals surface area (Å²) in [5.41, 5.74) is 5.00. The zero-order valence-corrected chi connectivity index (χ0v) is 15.9. The first kappa shape index (κ1) is 18.2. The van der Waals surface area contributed by atoms with Crippen LogP contribution in [0.5, 0.6) is 0 Å². The third kappa shape index (κ3) is 3.79. The Morgan fingerprint density at radius 2 is 1.73 bits per heavy atom. The van der Waals surface area contributed by atoms with Crippen molar-refractivity contribution in [2.24, 2.45) is 7.05 Å². The van der Waals surface area contributed by atoms with Crippen LogP contribution in [0.1, 0.15) is 37.8 Å². The molecular formula is C22H26N4. The fraction of sp³-hybridized carbons (Fsp3) is 0.364. The van der Waals surface area contributed by atoms with Crippen LogP contribution in [-0.2, 0) is 13.6 Å². The average Bonchev–Trinajstić information content (AvgIpc) is 2.99. The van der Waals surface area contributed by atoms with E-state index in [0.29, 0.717) is 5.56 Å². The van der Waals surface area contributed by atoms with Crippen molar-refractivity contribution in [3.8, 4) is 17.5 Å². The highest BCUT2D eigenvalue weighted by Gasteiger charge is 2.11. The molecule has 0 aliphatic carbocycles. The minimum atomic E-state index is 0.661. The van der Waals surface area contributed by atoms with Gasteiger partial charge in [0.25, 0.3) is 0 Å². The summed E-state index contributed by atoms with van der Waals surface area (Å²) in [5.74, 6) is 0.931. The molecule has 0 unspecified atom stereocenters. The molecule has 0 fully saturated rings. The summed E-state index contributed by atoms with van der Waals surface area (Å²) in [4.78, 5) is 7.26. The van der Waals surface area contributed by atoms with Gasteiger partial charge >= 0.3 is 0 Å². The quantitative estimate of drug-likeness (QED) is 0.621. The first-order valence-electron chi connectivity index (χ1n) is 9.34. The Morgan fingerprint density at radius 1 is 1.04 bits per heavy atom. The van der Waals surface area contributed by atoms with Gasteiger partial charge in [-0.1, -0.05) is 38.1 Å². The molecule has 4 heteroatoms. The van der Waals surface area contributed by atoms with Crippen molar-refractivity contribution in [1.82, 2.24) is 14.5 Å². The average molecular weight is 346 g/mol. The minimum Gasteiger partial charge on any atom is -0.327 e. The van der Waals surface area contributed by atoms with Crippen LogP contribution < -0.4 is 0 Å². The van der Waals surface area contributed by atoms with Crippen molar-refractivity contribution >= 4 is 11.0 Å². The molecule has 4 nitrogen and oxygen atoms in total. The smallest absolute Gasteiger partial charge is 0.140 e. The number of benzene rings is 2. The zero-order chi connectivity index (χ0) is 18.5. The highest BCUT2D eigenvalue weighted by atomic mass is 15.1. The molecule has 26 heavy (non-hydrogen) atoms. The number of nitrogens with zero attached hydrogens (tertiary/aromatic N) is 4. The molecule has 0 N–H and O–H groups in total. The van der Waals surface area contributed by atoms with Gasteiger partial charge in [0, 0.05) is 19.2 Å². The Bertz CT molecular complexity index is 910. The van der Waals surface area contributed by atoms with Crippen molar-refractivity contribution in [2.45, 2.75) is 33.2 Å². The number of aryl methyl sites for hydroxylation is 1. The van der Waals surface area contributed by atoms with Gasteiger partial charge in [0.05, 0.1) is 22.7 Å². The topological polar surface area (TPSA) is 44.9 Å². The number of hydrogen-bond acceptors (Lipinski definition) is 3. The summed E-state index contributed by atoms with van der Waals surface area (Å²) in [6.07, 6.45) is 2.37. The number of hydrogen-bond donors (Lipinski definition) is 0. The lowest BCUT2D eigenvalue weighted by Crippen LogP contribution is -2.24. The number of nitriles is 1. The summed E-state index contributed by atoms with van der Waals surface area (Å²) in [7, 11) is 2.00. The second-order valence-electron chi connectivity index (χ2n) is 6.78. The largest absolute Gasteiger partial charge is 0.327 e. The number of imidazole rings is 1. The van der Waals surface area contributed by atoms with Crippen LogP contribution in [0.15, 0.2) is 42.5 Å². The van der Waals surface area contributed by atoms with E-state index in [-0.39, 0.29) is 0 Å². The lowest BCUT2D eigenvalue weighted by molar-refractivity contribution is 0.266. The van der Waals surface area contributed by atoms with Crippen LogP contribution in [0.3, 0.4) is 0 Å². The Kier molecular flexibility index (Phi) is 5.70. The normalized spacial score (nSPS) is 11.2. The standard InChI is InChI=1S/C22H26N4/c1-4-12-26(13-5-2)16-17-6-9-19(10-7-17)22-24-20-11-8-18(15-23)14-21(20)25(22)3/h6-11,14H,4-5,12-13,16H2,1-3H3. The van der Waals surface area contributed by atoms with E-state index in [4.69, 9.17) is 10.2 Å². The molecule has 0 bridgehead atoms. The van der Waals surface area contributed by atoms with Gasteiger partial charge in [0.2, 0.25) is 0 Å². The fourth-order valence-electron chi connectivity index (χ4n) is 3.44. The van der Waals surface area contributed by atoms with Gasteiger partial charge in [-0.2, -0.15) is 5.26 Å². The molecule has 0 spiro atoms. The van der Waals surface area contributed by atoms with Crippen LogP contribution in [-0.4, -0.2) is 27.5 Å². The van der Waals surface area contributed by atoms with E-state index in [1.165, 1.54) is 18.4 Å². The summed E-state index contributed by atoms with van der Waals surface area (Å²) >= 11 is 0. The highest BCUT2D eigenvalue weighted by Crippen LogP contribution is 2.25. The predicted molar refractivity (Wildman–Crippen MR) is 107 cm³/mol. The zero-order valence-electron chi connectivity index (χ0n) is 15.9. The SMILES string of the molecule is CCCN(CCC)Cc1ccc(-c2nc3ccc(C#N)cc3n2C)cc1. The summed E-state index contributed by atoms with van der Waals surface area (Å²) < 4.78 is 2.06. The molecule has 0 amide bonds. The Morgan fingerprint density at radius 3 is 2.35 bits per heavy atom. The van der Waals surface area contributed by atoms with Crippen LogP contribution in [0.2, 0.25) is 0 Å². The van der Waals surface area contributed by atoms with Gasteiger partial charge < -0.3 is 4.57 Å². The van der Waals surface area contributed by atoms with Gasteiger partial charge in [-0.05, 0) is 49.7 Å². The number of aromatic nitrogens is 2. The van der Waals surface area contributed by atoms with Crippen molar-refractivity contribution < 1.29 is 0 Å². The first-order chi connectivity index (χ1) is 12.7. The molecule has 3 rings (SSSR count). The van der Waals surface area contributed by atoms with Crippen LogP contribution >= 0.6 is 0 Å². The molecule has 0 atom stereocenters. The summed E-state index contributed by atoms with van der Waals surface area (Å²) in [6.45, 7) is 7.74. The maximum absolute atomic E-state index is 9.11. The van der Waals surface area contributed by atoms with E-state index >= 15 is 0 Å². The highest BCUT2D eigenvalue weighted by molar-refractivity contribution is 5.81. The number of fused-ring (bicyclic) bond motifs is 1. The summed E-state index contributed by atoms with van der Waals surface area (Å²) in [6, 6.07) is 16.5. The predicted octanol–water partition coefficient (Wildman–Crippen LogP) is 4.73. The molecule has 1 aromatic heterocycles. The van der Waals surface area contributed by atoms with Crippen molar-refractivity contribution in [3.63, 3.8) is 0 Å². The molecule has 0 radical (unpaired) electrons. The van der Waals surface area contributed by atoms with Crippen molar-refractivity contribution in [2.75, 3.05) is 13.1 Å². The van der Waals surface area contributed by atoms with Gasteiger partial charge in [-0.25, -0.2) is 4.98 Å². The third-order valence-electron chi connectivity index (χ3n) is 4.71. The summed E-state index contributed by atoms with van der Waals surface area (Å²) in [5, 5.41) is 9.11. The second kappa shape index (κ2) is 8.16. The van der Waals surface area contributed by atoms with E-state index in [2.05, 4.69) is 53.6 Å². The molecule has 0 aliphatic rings. The van der Waals surface area contributed by atoms with Gasteiger partial charge in [0.15, 0.2) is 0 Å². The lowest BCUT2D eigenvalue weighted by Gasteiger charge is -2.21. The Hall–Kier alpha value is -2.64. The van der Waals surface area contributed by atoms with Gasteiger partial charge in [0.1, 0.15) is 5.82 Å². The minimum absolute atomic E-state index is 0.661. The first-order valence-corrected chi connectivity index (χ1v) is 9.34. The van der Waals surface area contributed by atoms with Gasteiger partial charge in [-0.15, -0.1) is 0 Å². The van der Waals surface area contributed by atoms with Crippen molar-refractivity contribution in [3.05, 3.63) is 53.6 Å². The van der Waals surface area contributed by atoms with Crippen LogP contribution in [0.4, 0.5) is 0 Å². The molecule has 134 valence electrons. The second-order valence-corrected chi connectivity index (χ2v) is 6.78. The lowest BCUT2D eigenvalue weighted by atomic mass is 10.1. The van der Waals surface area contributed by atoms with Crippen LogP contribution in [0.25, 0.3) is 22.4 Å². The third-order valence-corrected chi connectivity index (χ3v) is 4.71. The van der Waals surface area contributed by atoms with Crippen LogP contribution in [0, 0.1) is 11.3 Å². The number of rotatable bonds is 7. The maximum Gasteiger partial charge on any atom is 0.140 e. The molecule has 2 aromatic carbocycles. The molecule has 3 aromatic rings. The van der Waals surface area contributed by atoms with E-state index in [1.54, 1.807) is 0 Å². The van der Waals surface area contributed by atoms with E-state index < -0.39 is 0 Å². The fourth-order valence-corrected chi connectivity index (χ4v) is 3.44. The molecule has 1 heterocycles. The van der Waals surface area contributed by atoms with Gasteiger partial charge in [-0.3, -0.25) is 4.90 Å². The molecule has 0 aliphatic heterocycles. The van der Waals surface area contributed by atoms with E-state index in [9.17, 15) is 0 Å². The maximum atomic E-state index is 9.11. The molecule has 0 saturated heterocycles. The van der Waals surface area contributed by atoms with E-state index in [0.717, 1.165) is 42.1 Å².